The van der Waals surface area contributed by atoms with Crippen molar-refractivity contribution in [1.29, 1.82) is 0 Å². The summed E-state index contributed by atoms with van der Waals surface area (Å²) in [5.41, 5.74) is 21.7. The molecule has 5 aliphatic carbocycles. The van der Waals surface area contributed by atoms with Crippen molar-refractivity contribution in [2.45, 2.75) is 37.5 Å². The third-order valence-electron chi connectivity index (χ3n) is 15.9. The molecule has 1 spiro atoms. The molecule has 0 atom stereocenters. The Labute approximate surface area is 383 Å². The van der Waals surface area contributed by atoms with Crippen LogP contribution in [0.25, 0.3) is 66.8 Å². The first-order chi connectivity index (χ1) is 32.2. The molecular weight excluding hydrogens is 783 g/mol. The van der Waals surface area contributed by atoms with E-state index in [-0.39, 0.29) is 5.41 Å². The van der Waals surface area contributed by atoms with Crippen LogP contribution in [0, 0.1) is 23.7 Å². The van der Waals surface area contributed by atoms with Crippen LogP contribution in [0.1, 0.15) is 43.2 Å². The van der Waals surface area contributed by atoms with Crippen LogP contribution in [-0.4, -0.2) is 0 Å². The minimum atomic E-state index is 0.143. The first-order valence-electron chi connectivity index (χ1n) is 23.8. The Hall–Kier alpha value is -7.22. The zero-order valence-corrected chi connectivity index (χ0v) is 36.7. The predicted octanol–water partition coefficient (Wildman–Crippen LogP) is 17.2. The fraction of sp³-hybridized carbons (Fsp3) is 0.156. The molecule has 0 aromatic heterocycles. The van der Waals surface area contributed by atoms with Crippen LogP contribution in [-0.2, 0) is 5.41 Å². The molecular formula is C64H51N. The quantitative estimate of drug-likeness (QED) is 0.147. The number of hydrogen-bond acceptors (Lipinski definition) is 1. The summed E-state index contributed by atoms with van der Waals surface area (Å²) in [6.07, 6.45) is 7.03. The van der Waals surface area contributed by atoms with Crippen molar-refractivity contribution in [3.05, 3.63) is 236 Å². The van der Waals surface area contributed by atoms with Crippen molar-refractivity contribution in [2.75, 3.05) is 4.90 Å². The molecule has 0 aliphatic heterocycles. The summed E-state index contributed by atoms with van der Waals surface area (Å²) in [6, 6.07) is 83.8. The molecule has 0 N–H and O–H groups in total. The Morgan fingerprint density at radius 1 is 0.308 bits per heavy atom. The van der Waals surface area contributed by atoms with Crippen molar-refractivity contribution >= 4 is 17.1 Å². The van der Waals surface area contributed by atoms with Crippen LogP contribution in [0.15, 0.2) is 224 Å². The van der Waals surface area contributed by atoms with E-state index < -0.39 is 0 Å². The van der Waals surface area contributed by atoms with Crippen LogP contribution in [0.5, 0.6) is 0 Å². The maximum absolute atomic E-state index is 2.57. The molecule has 9 aromatic carbocycles. The molecule has 9 aromatic rings. The molecule has 5 aliphatic rings. The van der Waals surface area contributed by atoms with Crippen LogP contribution < -0.4 is 4.90 Å². The van der Waals surface area contributed by atoms with E-state index in [0.29, 0.717) is 0 Å². The summed E-state index contributed by atoms with van der Waals surface area (Å²) in [7, 11) is 0. The standard InChI is InChI=1S/C64H51N/c1-5-15-45(16-6-1)47-25-30-55(31-26-47)65(56-32-27-48(28-33-56)46-17-7-2-8-18-46)62-42-52(41-58(49-19-9-3-10-20-49)63(62)50-21-11-4-12-22-50)51-29-34-61-59(40-51)57-23-13-14-24-60(57)64(61)53-36-43-35-44(38-53)39-54(64)37-43/h1-34,40-44,53-54H,35-39H2. The van der Waals surface area contributed by atoms with E-state index in [9.17, 15) is 0 Å². The van der Waals surface area contributed by atoms with Gasteiger partial charge in [-0.15, -0.1) is 0 Å². The lowest BCUT2D eigenvalue weighted by Crippen LogP contribution is -2.55. The van der Waals surface area contributed by atoms with Crippen LogP contribution in [0.2, 0.25) is 0 Å². The summed E-state index contributed by atoms with van der Waals surface area (Å²) >= 11 is 0. The molecule has 0 saturated heterocycles. The predicted molar refractivity (Wildman–Crippen MR) is 272 cm³/mol. The van der Waals surface area contributed by atoms with Gasteiger partial charge in [0.05, 0.1) is 5.69 Å². The first kappa shape index (κ1) is 38.3. The van der Waals surface area contributed by atoms with Gasteiger partial charge in [0.1, 0.15) is 0 Å². The van der Waals surface area contributed by atoms with Gasteiger partial charge in [-0.05, 0) is 171 Å². The summed E-state index contributed by atoms with van der Waals surface area (Å²) in [5.74, 6) is 3.32. The second-order valence-electron chi connectivity index (χ2n) is 19.3. The van der Waals surface area contributed by atoms with Gasteiger partial charge in [0, 0.05) is 22.4 Å². The molecule has 4 bridgehead atoms. The van der Waals surface area contributed by atoms with E-state index in [0.717, 1.165) is 40.7 Å². The summed E-state index contributed by atoms with van der Waals surface area (Å²) in [5, 5.41) is 0. The molecule has 4 fully saturated rings. The molecule has 0 unspecified atom stereocenters. The fourth-order valence-electron chi connectivity index (χ4n) is 13.4. The molecule has 14 rings (SSSR count). The zero-order chi connectivity index (χ0) is 42.9. The topological polar surface area (TPSA) is 3.24 Å². The smallest absolute Gasteiger partial charge is 0.0552 e. The van der Waals surface area contributed by atoms with Crippen molar-refractivity contribution < 1.29 is 0 Å². The van der Waals surface area contributed by atoms with Gasteiger partial charge in [-0.25, -0.2) is 0 Å². The summed E-state index contributed by atoms with van der Waals surface area (Å²) in [6.45, 7) is 0. The number of nitrogens with zero attached hydrogens (tertiary/aromatic N) is 1. The van der Waals surface area contributed by atoms with Gasteiger partial charge in [-0.1, -0.05) is 182 Å². The number of hydrogen-bond donors (Lipinski definition) is 0. The van der Waals surface area contributed by atoms with Crippen molar-refractivity contribution in [3.63, 3.8) is 0 Å². The summed E-state index contributed by atoms with van der Waals surface area (Å²) in [4.78, 5) is 2.49. The highest BCUT2D eigenvalue weighted by Crippen LogP contribution is 2.69. The third kappa shape index (κ3) is 6.28. The van der Waals surface area contributed by atoms with Crippen molar-refractivity contribution in [3.8, 4) is 66.8 Å². The normalized spacial score (nSPS) is 21.0. The van der Waals surface area contributed by atoms with Gasteiger partial charge in [-0.2, -0.15) is 0 Å². The minimum absolute atomic E-state index is 0.143. The molecule has 0 amide bonds. The van der Waals surface area contributed by atoms with E-state index in [4.69, 9.17) is 0 Å². The first-order valence-corrected chi connectivity index (χ1v) is 23.8. The Balaban J connectivity index is 1.04. The Morgan fingerprint density at radius 3 is 1.29 bits per heavy atom. The van der Waals surface area contributed by atoms with E-state index in [1.54, 1.807) is 11.1 Å². The highest BCUT2D eigenvalue weighted by molar-refractivity contribution is 6.00. The SMILES string of the molecule is c1ccc(-c2ccc(N(c3ccc(-c4ccccc4)cc3)c3cc(-c4ccc5c(c4)-c4ccccc4C54C5CC6CC(C5)CC4C6)cc(-c4ccccc4)c3-c3ccccc3)cc2)cc1. The van der Waals surface area contributed by atoms with Crippen molar-refractivity contribution in [1.82, 2.24) is 0 Å². The van der Waals surface area contributed by atoms with Gasteiger partial charge in [-0.3, -0.25) is 0 Å². The molecule has 65 heavy (non-hydrogen) atoms. The largest absolute Gasteiger partial charge is 0.310 e. The monoisotopic (exact) mass is 833 g/mol. The summed E-state index contributed by atoms with van der Waals surface area (Å²) < 4.78 is 0. The van der Waals surface area contributed by atoms with Gasteiger partial charge in [0.2, 0.25) is 0 Å². The Morgan fingerprint density at radius 2 is 0.738 bits per heavy atom. The highest BCUT2D eigenvalue weighted by atomic mass is 15.1. The Kier molecular flexibility index (Phi) is 9.12. The lowest BCUT2D eigenvalue weighted by molar-refractivity contribution is -0.0399. The maximum Gasteiger partial charge on any atom is 0.0552 e. The number of rotatable bonds is 8. The third-order valence-corrected chi connectivity index (χ3v) is 15.9. The lowest BCUT2D eigenvalue weighted by atomic mass is 9.43. The van der Waals surface area contributed by atoms with Gasteiger partial charge < -0.3 is 4.90 Å². The van der Waals surface area contributed by atoms with E-state index >= 15 is 0 Å². The van der Waals surface area contributed by atoms with Gasteiger partial charge >= 0.3 is 0 Å². The number of benzene rings is 9. The van der Waals surface area contributed by atoms with Crippen LogP contribution in [0.4, 0.5) is 17.1 Å². The highest BCUT2D eigenvalue weighted by Gasteiger charge is 2.61. The van der Waals surface area contributed by atoms with Crippen LogP contribution in [0.3, 0.4) is 0 Å². The molecule has 1 heteroatoms. The fourth-order valence-corrected chi connectivity index (χ4v) is 13.4. The average molecular weight is 834 g/mol. The van der Waals surface area contributed by atoms with Crippen molar-refractivity contribution in [2.24, 2.45) is 23.7 Å². The number of anilines is 3. The maximum atomic E-state index is 2.57. The van der Waals surface area contributed by atoms with Gasteiger partial charge in [0.25, 0.3) is 0 Å². The number of fused-ring (bicyclic) bond motifs is 3. The average Bonchev–Trinajstić information content (AvgIpc) is 3.67. The Bertz CT molecular complexity index is 3060. The second kappa shape index (κ2) is 15.5. The molecule has 312 valence electrons. The molecule has 0 radical (unpaired) electrons. The molecule has 4 saturated carbocycles. The molecule has 1 nitrogen and oxygen atoms in total. The molecule has 0 heterocycles. The van der Waals surface area contributed by atoms with E-state index in [1.165, 1.54) is 98.9 Å². The zero-order valence-electron chi connectivity index (χ0n) is 36.7. The lowest BCUT2D eigenvalue weighted by Gasteiger charge is -2.61. The second-order valence-corrected chi connectivity index (χ2v) is 19.3. The van der Waals surface area contributed by atoms with E-state index in [1.807, 2.05) is 0 Å². The van der Waals surface area contributed by atoms with Crippen LogP contribution >= 0.6 is 0 Å². The minimum Gasteiger partial charge on any atom is -0.310 e. The van der Waals surface area contributed by atoms with E-state index in [2.05, 4.69) is 229 Å². The van der Waals surface area contributed by atoms with Gasteiger partial charge in [0.15, 0.2) is 0 Å².